The van der Waals surface area contributed by atoms with E-state index in [1.165, 1.54) is 75.0 Å². The van der Waals surface area contributed by atoms with Crippen molar-refractivity contribution in [2.45, 2.75) is 33.1 Å². The van der Waals surface area contributed by atoms with E-state index in [4.69, 9.17) is 9.97 Å². The van der Waals surface area contributed by atoms with Gasteiger partial charge >= 0.3 is 0 Å². The molecule has 0 fully saturated rings. The number of benzene rings is 8. The van der Waals surface area contributed by atoms with Gasteiger partial charge in [-0.1, -0.05) is 155 Å². The van der Waals surface area contributed by atoms with E-state index in [2.05, 4.69) is 202 Å². The molecule has 3 heterocycles. The fourth-order valence-electron chi connectivity index (χ4n) is 9.45. The van der Waals surface area contributed by atoms with Crippen LogP contribution in [0.1, 0.15) is 38.8 Å². The number of fused-ring (bicyclic) bond motifs is 14. The average Bonchev–Trinajstić information content (AvgIpc) is 3.93. The van der Waals surface area contributed by atoms with Crippen molar-refractivity contribution >= 4 is 94.6 Å². The van der Waals surface area contributed by atoms with Crippen molar-refractivity contribution in [3.8, 4) is 39.5 Å². The molecule has 59 heavy (non-hydrogen) atoms. The summed E-state index contributed by atoms with van der Waals surface area (Å²) in [6, 6.07) is 59.6. The highest BCUT2D eigenvalue weighted by Gasteiger charge is 2.35. The van der Waals surface area contributed by atoms with Crippen LogP contribution in [0.25, 0.3) is 103 Å². The standard InChI is InChI=1S/C51H33N3S.C2H6.BHS/c1-51(2)40-22-9-5-16-33(40)34-27-26-30(29-41(34)51)47-37-19-6-10-23-42(37)52-50(53-47)31-14-13-15-32(28-31)54-43-24-11-7-20-38(43)45-35-17-3-4-18-36(35)49-46(48(45)54)39-21-8-12-25-44(39)55-49;2*1-2/h3-29H,1-2H3;1-2H3;2H. The zero-order valence-electron chi connectivity index (χ0n) is 33.4. The second-order valence-corrected chi connectivity index (χ2v) is 16.4. The van der Waals surface area contributed by atoms with Gasteiger partial charge in [0.1, 0.15) is 0 Å². The molecular weight excluding hydrogens is 754 g/mol. The topological polar surface area (TPSA) is 30.7 Å². The Hall–Kier alpha value is -6.21. The molecule has 1 aliphatic carbocycles. The Balaban J connectivity index is 0.00000102. The lowest BCUT2D eigenvalue weighted by molar-refractivity contribution is 0.660. The number of aromatic nitrogens is 3. The third-order valence-electron chi connectivity index (χ3n) is 12.0. The van der Waals surface area contributed by atoms with Crippen LogP contribution in [0.2, 0.25) is 0 Å². The van der Waals surface area contributed by atoms with Crippen LogP contribution in [-0.2, 0) is 5.41 Å². The van der Waals surface area contributed by atoms with E-state index in [1.54, 1.807) is 0 Å². The zero-order valence-corrected chi connectivity index (χ0v) is 35.1. The Morgan fingerprint density at radius 3 is 2.03 bits per heavy atom. The lowest BCUT2D eigenvalue weighted by Crippen LogP contribution is -2.15. The predicted molar refractivity (Wildman–Crippen MR) is 259 cm³/mol. The van der Waals surface area contributed by atoms with Gasteiger partial charge in [0.25, 0.3) is 0 Å². The molecule has 12 rings (SSSR count). The molecule has 0 aliphatic heterocycles. The molecule has 6 heteroatoms. The molecule has 0 saturated heterocycles. The Labute approximate surface area is 354 Å². The molecule has 0 saturated carbocycles. The molecule has 3 aromatic heterocycles. The van der Waals surface area contributed by atoms with Gasteiger partial charge in [-0.05, 0) is 64.0 Å². The van der Waals surface area contributed by atoms with Crippen molar-refractivity contribution in [2.75, 3.05) is 0 Å². The molecule has 2 radical (unpaired) electrons. The Morgan fingerprint density at radius 1 is 0.542 bits per heavy atom. The number of rotatable bonds is 3. The van der Waals surface area contributed by atoms with E-state index in [1.807, 2.05) is 25.2 Å². The van der Waals surface area contributed by atoms with Crippen LogP contribution < -0.4 is 0 Å². The molecule has 0 amide bonds. The second-order valence-electron chi connectivity index (χ2n) is 15.3. The maximum Gasteiger partial charge on any atom is 0.160 e. The summed E-state index contributed by atoms with van der Waals surface area (Å²) >= 11 is 4.92. The molecule has 8 aromatic carbocycles. The first-order valence-corrected chi connectivity index (χ1v) is 21.5. The van der Waals surface area contributed by atoms with Gasteiger partial charge in [-0.15, -0.1) is 11.3 Å². The first-order chi connectivity index (χ1) is 29.0. The number of para-hydroxylation sites is 2. The molecule has 0 N–H and O–H groups in total. The summed E-state index contributed by atoms with van der Waals surface area (Å²) in [5.41, 5.74) is 12.7. The van der Waals surface area contributed by atoms with E-state index < -0.39 is 0 Å². The minimum Gasteiger partial charge on any atom is -0.309 e. The van der Waals surface area contributed by atoms with Crippen LogP contribution in [0.4, 0.5) is 0 Å². The molecule has 0 unspecified atom stereocenters. The molecule has 0 atom stereocenters. The number of thiophene rings is 1. The highest BCUT2D eigenvalue weighted by molar-refractivity contribution is 8.03. The monoisotopic (exact) mass is 793 g/mol. The lowest BCUT2D eigenvalue weighted by Gasteiger charge is -2.22. The molecule has 282 valence electrons. The fraction of sp³-hybridized carbons (Fsp3) is 0.0943. The quantitative estimate of drug-likeness (QED) is 0.143. The van der Waals surface area contributed by atoms with Crippen molar-refractivity contribution in [2.24, 2.45) is 0 Å². The highest BCUT2D eigenvalue weighted by atomic mass is 32.1. The third-order valence-corrected chi connectivity index (χ3v) is 13.2. The number of thiol groups is 1. The van der Waals surface area contributed by atoms with Gasteiger partial charge in [0.2, 0.25) is 0 Å². The summed E-state index contributed by atoms with van der Waals surface area (Å²) < 4.78 is 5.11. The van der Waals surface area contributed by atoms with Crippen LogP contribution in [0.15, 0.2) is 164 Å². The SMILES string of the molecule is CC.CC1(C)c2ccccc2-c2ccc(-c3nc(-c4cccc(-n5c6ccccc6c6c7ccccc7c7sc8ccccc8c7c65)c4)nc4ccccc34)cc21.[B]S. The smallest absolute Gasteiger partial charge is 0.160 e. The van der Waals surface area contributed by atoms with Crippen molar-refractivity contribution in [3.05, 3.63) is 175 Å². The second kappa shape index (κ2) is 14.6. The maximum absolute atomic E-state index is 5.42. The van der Waals surface area contributed by atoms with Crippen LogP contribution >= 0.6 is 23.8 Å². The van der Waals surface area contributed by atoms with Gasteiger partial charge in [-0.25, -0.2) is 22.4 Å². The number of hydrogen-bond acceptors (Lipinski definition) is 4. The van der Waals surface area contributed by atoms with Gasteiger partial charge in [-0.3, -0.25) is 0 Å². The van der Waals surface area contributed by atoms with Gasteiger partial charge < -0.3 is 4.57 Å². The molecular formula is C53H40BN3S2. The summed E-state index contributed by atoms with van der Waals surface area (Å²) in [4.78, 5) is 10.6. The summed E-state index contributed by atoms with van der Waals surface area (Å²) in [6.45, 7) is 8.67. The number of nitrogens with zero attached hydrogens (tertiary/aromatic N) is 3. The average molecular weight is 794 g/mol. The van der Waals surface area contributed by atoms with Crippen LogP contribution in [0.3, 0.4) is 0 Å². The Kier molecular flexibility index (Phi) is 9.15. The first kappa shape index (κ1) is 37.1. The van der Waals surface area contributed by atoms with Crippen LogP contribution in [0, 0.1) is 0 Å². The highest BCUT2D eigenvalue weighted by Crippen LogP contribution is 2.50. The molecule has 11 aromatic rings. The van der Waals surface area contributed by atoms with Crippen molar-refractivity contribution in [3.63, 3.8) is 0 Å². The fourth-order valence-corrected chi connectivity index (χ4v) is 10.7. The third kappa shape index (κ3) is 5.57. The van der Waals surface area contributed by atoms with Crippen molar-refractivity contribution < 1.29 is 0 Å². The zero-order chi connectivity index (χ0) is 40.4. The lowest BCUT2D eigenvalue weighted by atomic mass is 9.82. The van der Waals surface area contributed by atoms with E-state index in [0.29, 0.717) is 0 Å². The molecule has 0 bridgehead atoms. The number of hydrogen-bond donors (Lipinski definition) is 1. The predicted octanol–water partition coefficient (Wildman–Crippen LogP) is 14.9. The Bertz CT molecular complexity index is 3430. The van der Waals surface area contributed by atoms with Crippen LogP contribution in [-0.4, -0.2) is 21.7 Å². The first-order valence-electron chi connectivity index (χ1n) is 20.2. The molecule has 3 nitrogen and oxygen atoms in total. The molecule has 1 aliphatic rings. The van der Waals surface area contributed by atoms with E-state index >= 15 is 0 Å². The van der Waals surface area contributed by atoms with Gasteiger partial charge in [0.15, 0.2) is 12.9 Å². The van der Waals surface area contributed by atoms with Gasteiger partial charge in [0, 0.05) is 63.9 Å². The molecule has 0 spiro atoms. The summed E-state index contributed by atoms with van der Waals surface area (Å²) in [6.07, 6.45) is 0. The van der Waals surface area contributed by atoms with E-state index in [0.717, 1.165) is 39.2 Å². The normalized spacial score (nSPS) is 12.7. The van der Waals surface area contributed by atoms with Crippen molar-refractivity contribution in [1.29, 1.82) is 0 Å². The minimum atomic E-state index is -0.102. The van der Waals surface area contributed by atoms with Crippen molar-refractivity contribution in [1.82, 2.24) is 14.5 Å². The summed E-state index contributed by atoms with van der Waals surface area (Å²) in [7, 11) is 4.19. The van der Waals surface area contributed by atoms with Crippen LogP contribution in [0.5, 0.6) is 0 Å². The maximum atomic E-state index is 5.42. The Morgan fingerprint density at radius 2 is 1.20 bits per heavy atom. The minimum absolute atomic E-state index is 0.102. The summed E-state index contributed by atoms with van der Waals surface area (Å²) in [5.74, 6) is 0.718. The largest absolute Gasteiger partial charge is 0.309 e. The van der Waals surface area contributed by atoms with E-state index in [-0.39, 0.29) is 5.41 Å². The van der Waals surface area contributed by atoms with E-state index in [9.17, 15) is 0 Å². The van der Waals surface area contributed by atoms with Gasteiger partial charge in [-0.2, -0.15) is 0 Å². The summed E-state index contributed by atoms with van der Waals surface area (Å²) in [5, 5.41) is 8.78. The van der Waals surface area contributed by atoms with Gasteiger partial charge in [0.05, 0.1) is 22.2 Å².